The Balaban J connectivity index is 2.94. The standard InChI is InChI=1S/C8H12N2O2S/c1-9-7-4-3-5-8(6-7)10(2)13(11)12/h3-6,9H,1-2H3,(H,11,12). The van der Waals surface area contributed by atoms with Gasteiger partial charge in [0.05, 0.1) is 5.69 Å². The molecule has 0 aliphatic carbocycles. The fourth-order valence-electron chi connectivity index (χ4n) is 0.947. The highest BCUT2D eigenvalue weighted by Gasteiger charge is 2.05. The molecule has 72 valence electrons. The van der Waals surface area contributed by atoms with Crippen LogP contribution in [0.4, 0.5) is 11.4 Å². The van der Waals surface area contributed by atoms with Crippen molar-refractivity contribution in [2.45, 2.75) is 0 Å². The SMILES string of the molecule is CNc1cccc(N(C)S(=O)O)c1. The molecule has 0 spiro atoms. The Kier molecular flexibility index (Phi) is 3.27. The van der Waals surface area contributed by atoms with Gasteiger partial charge in [-0.05, 0) is 18.2 Å². The van der Waals surface area contributed by atoms with E-state index in [1.165, 1.54) is 4.31 Å². The summed E-state index contributed by atoms with van der Waals surface area (Å²) in [6, 6.07) is 7.28. The van der Waals surface area contributed by atoms with E-state index in [2.05, 4.69) is 5.32 Å². The van der Waals surface area contributed by atoms with Crippen molar-refractivity contribution in [3.05, 3.63) is 24.3 Å². The zero-order chi connectivity index (χ0) is 9.84. The number of rotatable bonds is 3. The molecule has 1 aromatic rings. The number of anilines is 2. The molecule has 0 aromatic heterocycles. The van der Waals surface area contributed by atoms with Gasteiger partial charge in [-0.25, -0.2) is 4.21 Å². The topological polar surface area (TPSA) is 52.6 Å². The monoisotopic (exact) mass is 200 g/mol. The molecule has 0 amide bonds. The van der Waals surface area contributed by atoms with Crippen molar-refractivity contribution in [3.63, 3.8) is 0 Å². The van der Waals surface area contributed by atoms with Crippen molar-refractivity contribution >= 4 is 22.6 Å². The van der Waals surface area contributed by atoms with E-state index in [1.54, 1.807) is 26.2 Å². The van der Waals surface area contributed by atoms with Gasteiger partial charge in [0, 0.05) is 19.8 Å². The second-order valence-electron chi connectivity index (χ2n) is 2.53. The van der Waals surface area contributed by atoms with E-state index in [1.807, 2.05) is 12.1 Å². The molecule has 0 saturated heterocycles. The average Bonchev–Trinajstić information content (AvgIpc) is 2.16. The first-order chi connectivity index (χ1) is 6.15. The van der Waals surface area contributed by atoms with Crippen LogP contribution in [-0.4, -0.2) is 22.9 Å². The molecule has 0 bridgehead atoms. The molecule has 4 nitrogen and oxygen atoms in total. The fraction of sp³-hybridized carbons (Fsp3) is 0.250. The molecule has 1 unspecified atom stereocenters. The smallest absolute Gasteiger partial charge is 0.261 e. The van der Waals surface area contributed by atoms with Gasteiger partial charge in [0.1, 0.15) is 0 Å². The molecule has 0 aliphatic rings. The third-order valence-corrected chi connectivity index (χ3v) is 2.41. The van der Waals surface area contributed by atoms with Crippen molar-refractivity contribution < 1.29 is 8.76 Å². The quantitative estimate of drug-likeness (QED) is 0.723. The van der Waals surface area contributed by atoms with Gasteiger partial charge in [0.15, 0.2) is 0 Å². The van der Waals surface area contributed by atoms with Crippen LogP contribution in [0.25, 0.3) is 0 Å². The normalized spacial score (nSPS) is 12.2. The van der Waals surface area contributed by atoms with E-state index in [-0.39, 0.29) is 0 Å². The Morgan fingerprint density at radius 2 is 2.23 bits per heavy atom. The summed E-state index contributed by atoms with van der Waals surface area (Å²) in [5.41, 5.74) is 1.61. The molecule has 1 rings (SSSR count). The maximum absolute atomic E-state index is 10.7. The molecular formula is C8H12N2O2S. The highest BCUT2D eigenvalue weighted by atomic mass is 32.2. The highest BCUT2D eigenvalue weighted by Crippen LogP contribution is 2.18. The Hall–Kier alpha value is -1.07. The number of hydrogen-bond donors (Lipinski definition) is 2. The summed E-state index contributed by atoms with van der Waals surface area (Å²) in [5.74, 6) is 0. The summed E-state index contributed by atoms with van der Waals surface area (Å²) in [7, 11) is 3.36. The fourth-order valence-corrected chi connectivity index (χ4v) is 1.24. The Bertz CT molecular complexity index is 317. The van der Waals surface area contributed by atoms with E-state index in [9.17, 15) is 4.21 Å². The predicted octanol–water partition coefficient (Wildman–Crippen LogP) is 1.30. The van der Waals surface area contributed by atoms with Gasteiger partial charge >= 0.3 is 0 Å². The minimum Gasteiger partial charge on any atom is -0.388 e. The van der Waals surface area contributed by atoms with Crippen LogP contribution in [0.3, 0.4) is 0 Å². The molecule has 0 fully saturated rings. The molecule has 13 heavy (non-hydrogen) atoms. The number of nitrogens with zero attached hydrogens (tertiary/aromatic N) is 1. The van der Waals surface area contributed by atoms with Gasteiger partial charge in [-0.1, -0.05) is 6.07 Å². The highest BCUT2D eigenvalue weighted by molar-refractivity contribution is 7.80. The number of benzene rings is 1. The second kappa shape index (κ2) is 4.25. The van der Waals surface area contributed by atoms with Crippen LogP contribution < -0.4 is 9.62 Å². The molecular weight excluding hydrogens is 188 g/mol. The summed E-state index contributed by atoms with van der Waals surface area (Å²) < 4.78 is 20.8. The van der Waals surface area contributed by atoms with Crippen LogP contribution >= 0.6 is 0 Å². The van der Waals surface area contributed by atoms with E-state index >= 15 is 0 Å². The molecule has 2 N–H and O–H groups in total. The summed E-state index contributed by atoms with van der Waals surface area (Å²) in [4.78, 5) is 0. The Morgan fingerprint density at radius 3 is 2.77 bits per heavy atom. The molecule has 0 radical (unpaired) electrons. The molecule has 1 atom stereocenters. The second-order valence-corrected chi connectivity index (χ2v) is 3.54. The Labute approximate surface area is 80.0 Å². The van der Waals surface area contributed by atoms with Gasteiger partial charge < -0.3 is 5.32 Å². The van der Waals surface area contributed by atoms with Crippen molar-refractivity contribution in [1.29, 1.82) is 0 Å². The number of hydrogen-bond acceptors (Lipinski definition) is 2. The van der Waals surface area contributed by atoms with Gasteiger partial charge in [-0.3, -0.25) is 8.86 Å². The summed E-state index contributed by atoms with van der Waals surface area (Å²) in [6.45, 7) is 0. The van der Waals surface area contributed by atoms with Crippen LogP contribution in [0.15, 0.2) is 24.3 Å². The minimum absolute atomic E-state index is 0.702. The lowest BCUT2D eigenvalue weighted by Gasteiger charge is -2.14. The molecule has 5 heteroatoms. The van der Waals surface area contributed by atoms with Crippen molar-refractivity contribution in [3.8, 4) is 0 Å². The summed E-state index contributed by atoms with van der Waals surface area (Å²) in [6.07, 6.45) is 0. The van der Waals surface area contributed by atoms with Crippen molar-refractivity contribution in [1.82, 2.24) is 0 Å². The summed E-state index contributed by atoms with van der Waals surface area (Å²) in [5, 5.41) is 2.95. The third kappa shape index (κ3) is 2.43. The largest absolute Gasteiger partial charge is 0.388 e. The zero-order valence-corrected chi connectivity index (χ0v) is 8.34. The molecule has 0 saturated carbocycles. The average molecular weight is 200 g/mol. The third-order valence-electron chi connectivity index (χ3n) is 1.73. The van der Waals surface area contributed by atoms with Gasteiger partial charge in [0.25, 0.3) is 11.3 Å². The van der Waals surface area contributed by atoms with Crippen LogP contribution in [0.2, 0.25) is 0 Å². The minimum atomic E-state index is -1.97. The van der Waals surface area contributed by atoms with E-state index in [0.29, 0.717) is 5.69 Å². The first-order valence-electron chi connectivity index (χ1n) is 3.77. The van der Waals surface area contributed by atoms with Crippen LogP contribution in [0.5, 0.6) is 0 Å². The maximum Gasteiger partial charge on any atom is 0.261 e. The van der Waals surface area contributed by atoms with Crippen molar-refractivity contribution in [2.75, 3.05) is 23.7 Å². The van der Waals surface area contributed by atoms with E-state index in [0.717, 1.165) is 5.69 Å². The first kappa shape index (κ1) is 10.0. The van der Waals surface area contributed by atoms with Crippen LogP contribution in [-0.2, 0) is 11.3 Å². The first-order valence-corrected chi connectivity index (χ1v) is 4.84. The Morgan fingerprint density at radius 1 is 1.54 bits per heavy atom. The van der Waals surface area contributed by atoms with Gasteiger partial charge in [-0.15, -0.1) is 0 Å². The van der Waals surface area contributed by atoms with E-state index < -0.39 is 11.3 Å². The number of nitrogens with one attached hydrogen (secondary N) is 1. The zero-order valence-electron chi connectivity index (χ0n) is 7.52. The van der Waals surface area contributed by atoms with Gasteiger partial charge in [0.2, 0.25) is 0 Å². The maximum atomic E-state index is 10.7. The lowest BCUT2D eigenvalue weighted by molar-refractivity contribution is 0.562. The lowest BCUT2D eigenvalue weighted by Crippen LogP contribution is -2.19. The lowest BCUT2D eigenvalue weighted by atomic mass is 10.3. The summed E-state index contributed by atoms with van der Waals surface area (Å²) >= 11 is -1.97. The van der Waals surface area contributed by atoms with Crippen molar-refractivity contribution in [2.24, 2.45) is 0 Å². The van der Waals surface area contributed by atoms with Crippen LogP contribution in [0, 0.1) is 0 Å². The molecule has 0 aliphatic heterocycles. The van der Waals surface area contributed by atoms with Crippen LogP contribution in [0.1, 0.15) is 0 Å². The molecule has 0 heterocycles. The van der Waals surface area contributed by atoms with Gasteiger partial charge in [-0.2, -0.15) is 0 Å². The van der Waals surface area contributed by atoms with E-state index in [4.69, 9.17) is 4.55 Å². The molecule has 1 aromatic carbocycles. The predicted molar refractivity (Wildman–Crippen MR) is 55.2 cm³/mol.